The molecule has 0 aliphatic heterocycles. The number of Topliss-reactive ketones (excluding diaryl/α,β-unsaturated/α-hetero) is 1. The zero-order valence-corrected chi connectivity index (χ0v) is 14.2. The topological polar surface area (TPSA) is 54.4 Å². The molecular weight excluding hydrogens is 299 g/mol. The molecule has 0 saturated heterocycles. The summed E-state index contributed by atoms with van der Waals surface area (Å²) < 4.78 is 0. The van der Waals surface area contributed by atoms with Gasteiger partial charge in [0.05, 0.1) is 4.88 Å². The number of halogens is 1. The summed E-state index contributed by atoms with van der Waals surface area (Å²) in [5, 5.41) is 9.22. The van der Waals surface area contributed by atoms with Crippen molar-refractivity contribution < 1.29 is 67.5 Å². The van der Waals surface area contributed by atoms with Gasteiger partial charge in [-0.2, -0.15) is 0 Å². The van der Waals surface area contributed by atoms with Crippen LogP contribution in [-0.2, 0) is 4.79 Å². The third-order valence-electron chi connectivity index (χ3n) is 2.15. The van der Waals surface area contributed by atoms with Gasteiger partial charge in [0.1, 0.15) is 0 Å². The molecule has 88 valence electrons. The molecule has 0 fully saturated rings. The summed E-state index contributed by atoms with van der Waals surface area (Å²) in [5.74, 6) is -2.32. The fraction of sp³-hybridized carbons (Fsp3) is 0. The van der Waals surface area contributed by atoms with Gasteiger partial charge in [-0.1, -0.05) is 23.7 Å². The molecule has 0 bridgehead atoms. The molecule has 1 N–H and O–H groups in total. The van der Waals surface area contributed by atoms with Crippen LogP contribution < -0.4 is 51.4 Å². The molecule has 0 unspecified atom stereocenters. The van der Waals surface area contributed by atoms with E-state index < -0.39 is 11.8 Å². The van der Waals surface area contributed by atoms with Crippen LogP contribution >= 0.6 is 22.9 Å². The van der Waals surface area contributed by atoms with Gasteiger partial charge in [0.2, 0.25) is 0 Å². The SMILES string of the molecule is O=C(O)C(=O)c1ccc(-c2ccc(Cl)cc2)s1.[H-].[K+]. The predicted octanol–water partition coefficient (Wildman–Crippen LogP) is 0.452. The number of aliphatic carboxylic acids is 1. The Bertz CT molecular complexity index is 583. The van der Waals surface area contributed by atoms with Crippen molar-refractivity contribution in [3.8, 4) is 10.4 Å². The zero-order chi connectivity index (χ0) is 12.4. The van der Waals surface area contributed by atoms with Gasteiger partial charge in [0.15, 0.2) is 0 Å². The van der Waals surface area contributed by atoms with Gasteiger partial charge in [-0.15, -0.1) is 11.3 Å². The first-order chi connectivity index (χ1) is 8.08. The summed E-state index contributed by atoms with van der Waals surface area (Å²) in [6.45, 7) is 0. The molecule has 18 heavy (non-hydrogen) atoms. The quantitative estimate of drug-likeness (QED) is 0.509. The molecule has 2 rings (SSSR count). The Hall–Kier alpha value is -0.0136. The van der Waals surface area contributed by atoms with E-state index in [1.807, 2.05) is 12.1 Å². The van der Waals surface area contributed by atoms with Crippen LogP contribution in [0.5, 0.6) is 0 Å². The molecule has 2 aromatic rings. The second-order valence-electron chi connectivity index (χ2n) is 3.31. The van der Waals surface area contributed by atoms with Crippen LogP contribution in [-0.4, -0.2) is 16.9 Å². The molecule has 0 atom stereocenters. The van der Waals surface area contributed by atoms with Gasteiger partial charge < -0.3 is 6.53 Å². The normalized spacial score (nSPS) is 9.61. The molecule has 3 nitrogen and oxygen atoms in total. The summed E-state index contributed by atoms with van der Waals surface area (Å²) in [4.78, 5) is 22.8. The molecule has 0 amide bonds. The van der Waals surface area contributed by atoms with E-state index in [0.717, 1.165) is 21.8 Å². The first-order valence-electron chi connectivity index (χ1n) is 4.71. The molecule has 1 aromatic heterocycles. The number of rotatable bonds is 3. The fourth-order valence-electron chi connectivity index (χ4n) is 1.33. The molecule has 0 aliphatic rings. The van der Waals surface area contributed by atoms with Crippen molar-refractivity contribution in [2.24, 2.45) is 0 Å². The van der Waals surface area contributed by atoms with Crippen LogP contribution in [0.3, 0.4) is 0 Å². The Kier molecular flexibility index (Phi) is 6.20. The molecule has 6 heteroatoms. The van der Waals surface area contributed by atoms with Crippen molar-refractivity contribution in [3.05, 3.63) is 46.3 Å². The first kappa shape index (κ1) is 16.0. The van der Waals surface area contributed by atoms with Crippen LogP contribution in [0.2, 0.25) is 5.02 Å². The van der Waals surface area contributed by atoms with Gasteiger partial charge in [0, 0.05) is 9.90 Å². The van der Waals surface area contributed by atoms with Crippen molar-refractivity contribution in [3.63, 3.8) is 0 Å². The van der Waals surface area contributed by atoms with Crippen LogP contribution in [0.4, 0.5) is 0 Å². The third-order valence-corrected chi connectivity index (χ3v) is 3.54. The van der Waals surface area contributed by atoms with E-state index in [4.69, 9.17) is 16.7 Å². The molecular formula is C12H8ClKO3S. The maximum absolute atomic E-state index is 11.2. The van der Waals surface area contributed by atoms with Gasteiger partial charge >= 0.3 is 57.4 Å². The molecule has 1 heterocycles. The van der Waals surface area contributed by atoms with Crippen molar-refractivity contribution in [1.82, 2.24) is 0 Å². The molecule has 0 aliphatic carbocycles. The maximum Gasteiger partial charge on any atom is 1.00 e. The summed E-state index contributed by atoms with van der Waals surface area (Å²) in [5.41, 5.74) is 0.906. The predicted molar refractivity (Wildman–Crippen MR) is 67.8 cm³/mol. The minimum absolute atomic E-state index is 0. The number of carbonyl (C=O) groups excluding carboxylic acids is 1. The Morgan fingerprint density at radius 1 is 1.11 bits per heavy atom. The van der Waals surface area contributed by atoms with E-state index in [2.05, 4.69) is 0 Å². The van der Waals surface area contributed by atoms with E-state index in [-0.39, 0.29) is 57.7 Å². The molecule has 0 spiro atoms. The number of benzene rings is 1. The van der Waals surface area contributed by atoms with Crippen LogP contribution in [0.1, 0.15) is 11.1 Å². The van der Waals surface area contributed by atoms with Crippen molar-refractivity contribution in [2.45, 2.75) is 0 Å². The van der Waals surface area contributed by atoms with Crippen molar-refractivity contribution >= 4 is 34.7 Å². The number of ketones is 1. The number of carboxylic acids is 1. The number of hydrogen-bond donors (Lipinski definition) is 1. The van der Waals surface area contributed by atoms with Crippen molar-refractivity contribution in [2.75, 3.05) is 0 Å². The van der Waals surface area contributed by atoms with E-state index in [1.54, 1.807) is 18.2 Å². The second kappa shape index (κ2) is 6.95. The summed E-state index contributed by atoms with van der Waals surface area (Å²) in [6.07, 6.45) is 0. The smallest absolute Gasteiger partial charge is 1.00 e. The minimum Gasteiger partial charge on any atom is -1.00 e. The van der Waals surface area contributed by atoms with Gasteiger partial charge in [-0.25, -0.2) is 4.79 Å². The van der Waals surface area contributed by atoms with E-state index in [9.17, 15) is 9.59 Å². The van der Waals surface area contributed by atoms with E-state index in [1.165, 1.54) is 6.07 Å². The second-order valence-corrected chi connectivity index (χ2v) is 4.83. The Labute approximate surface area is 157 Å². The Morgan fingerprint density at radius 3 is 2.28 bits per heavy atom. The summed E-state index contributed by atoms with van der Waals surface area (Å²) in [6, 6.07) is 10.4. The van der Waals surface area contributed by atoms with Crippen LogP contribution in [0, 0.1) is 0 Å². The minimum atomic E-state index is -1.44. The van der Waals surface area contributed by atoms with Crippen molar-refractivity contribution in [1.29, 1.82) is 0 Å². The fourth-order valence-corrected chi connectivity index (χ4v) is 2.40. The van der Waals surface area contributed by atoms with E-state index >= 15 is 0 Å². The largest absolute Gasteiger partial charge is 1.00 e. The Morgan fingerprint density at radius 2 is 1.72 bits per heavy atom. The number of hydrogen-bond acceptors (Lipinski definition) is 3. The monoisotopic (exact) mass is 306 g/mol. The van der Waals surface area contributed by atoms with Crippen LogP contribution in [0.15, 0.2) is 36.4 Å². The number of carbonyl (C=O) groups is 2. The average molecular weight is 307 g/mol. The standard InChI is InChI=1S/C12H7ClO3S.K.H/c13-8-3-1-7(2-4-8)9-5-6-10(17-9)11(14)12(15)16;;/h1-6H,(H,15,16);;/q;+1;-1. The first-order valence-corrected chi connectivity index (χ1v) is 5.91. The zero-order valence-electron chi connectivity index (χ0n) is 10.5. The van der Waals surface area contributed by atoms with E-state index in [0.29, 0.717) is 5.02 Å². The summed E-state index contributed by atoms with van der Waals surface area (Å²) >= 11 is 6.92. The van der Waals surface area contributed by atoms with Crippen LogP contribution in [0.25, 0.3) is 10.4 Å². The number of carboxylic acid groups (broad SMARTS) is 1. The average Bonchev–Trinajstić information content (AvgIpc) is 2.78. The van der Waals surface area contributed by atoms with Gasteiger partial charge in [-0.05, 0) is 29.8 Å². The molecule has 0 radical (unpaired) electrons. The summed E-state index contributed by atoms with van der Waals surface area (Å²) in [7, 11) is 0. The van der Waals surface area contributed by atoms with Gasteiger partial charge in [-0.3, -0.25) is 4.79 Å². The molecule has 1 aromatic carbocycles. The van der Waals surface area contributed by atoms with Gasteiger partial charge in [0.25, 0.3) is 5.78 Å². The maximum atomic E-state index is 11.2. The third kappa shape index (κ3) is 3.74. The number of thiophene rings is 1. The molecule has 0 saturated carbocycles. The Balaban J connectivity index is 0.00000162.